The van der Waals surface area contributed by atoms with Crippen molar-refractivity contribution < 1.29 is 18.0 Å². The van der Waals surface area contributed by atoms with E-state index in [0.29, 0.717) is 30.0 Å². The van der Waals surface area contributed by atoms with E-state index in [-0.39, 0.29) is 17.5 Å². The molecule has 0 aliphatic carbocycles. The molecular formula is C31H36F3N5O. The monoisotopic (exact) mass is 551 g/mol. The summed E-state index contributed by atoms with van der Waals surface area (Å²) in [7, 11) is 0. The first-order chi connectivity index (χ1) is 19.1. The van der Waals surface area contributed by atoms with Gasteiger partial charge >= 0.3 is 6.18 Å². The molecule has 0 atom stereocenters. The van der Waals surface area contributed by atoms with E-state index in [4.69, 9.17) is 0 Å². The van der Waals surface area contributed by atoms with E-state index in [1.807, 2.05) is 49.1 Å². The minimum atomic E-state index is -4.36. The molecule has 0 radical (unpaired) electrons. The third-order valence-electron chi connectivity index (χ3n) is 8.67. The molecule has 1 aromatic heterocycles. The third kappa shape index (κ3) is 5.70. The number of para-hydroxylation sites is 1. The summed E-state index contributed by atoms with van der Waals surface area (Å²) >= 11 is 0. The minimum absolute atomic E-state index is 0.00593. The highest BCUT2D eigenvalue weighted by atomic mass is 19.4. The lowest BCUT2D eigenvalue weighted by atomic mass is 9.85. The van der Waals surface area contributed by atoms with Gasteiger partial charge in [-0.25, -0.2) is 9.97 Å². The summed E-state index contributed by atoms with van der Waals surface area (Å²) < 4.78 is 39.6. The lowest BCUT2D eigenvalue weighted by molar-refractivity contribution is -0.137. The van der Waals surface area contributed by atoms with Crippen molar-refractivity contribution in [2.45, 2.75) is 64.2 Å². The Hall–Kier alpha value is -3.46. The summed E-state index contributed by atoms with van der Waals surface area (Å²) in [5.41, 5.74) is 3.14. The van der Waals surface area contributed by atoms with Crippen molar-refractivity contribution in [2.24, 2.45) is 0 Å². The smallest absolute Gasteiger partial charge is 0.338 e. The molecule has 5 rings (SSSR count). The molecule has 9 heteroatoms. The number of nitrogens with zero attached hydrogens (tertiary/aromatic N) is 5. The van der Waals surface area contributed by atoms with Crippen molar-refractivity contribution in [3.05, 3.63) is 83.4 Å². The van der Waals surface area contributed by atoms with Crippen LogP contribution in [0, 0.1) is 13.8 Å². The Morgan fingerprint density at radius 1 is 0.875 bits per heavy atom. The Bertz CT molecular complexity index is 1290. The van der Waals surface area contributed by atoms with Crippen molar-refractivity contribution in [1.82, 2.24) is 19.8 Å². The zero-order valence-electron chi connectivity index (χ0n) is 23.3. The molecule has 1 amide bonds. The predicted octanol–water partition coefficient (Wildman–Crippen LogP) is 6.41. The summed E-state index contributed by atoms with van der Waals surface area (Å²) in [6.07, 6.45) is 0.702. The van der Waals surface area contributed by atoms with Gasteiger partial charge in [0.15, 0.2) is 0 Å². The molecule has 3 heterocycles. The number of carbonyl (C=O) groups excluding carboxylic acids is 1. The van der Waals surface area contributed by atoms with Gasteiger partial charge in [-0.15, -0.1) is 0 Å². The highest BCUT2D eigenvalue weighted by molar-refractivity contribution is 5.96. The first-order valence-corrected chi connectivity index (χ1v) is 13.9. The Kier molecular flexibility index (Phi) is 7.86. The summed E-state index contributed by atoms with van der Waals surface area (Å²) in [5, 5.41) is 0. The maximum atomic E-state index is 13.3. The second kappa shape index (κ2) is 11.2. The van der Waals surface area contributed by atoms with Crippen LogP contribution in [0.2, 0.25) is 0 Å². The molecule has 0 bridgehead atoms. The number of anilines is 2. The van der Waals surface area contributed by atoms with Gasteiger partial charge in [-0.05, 0) is 82.9 Å². The number of aryl methyl sites for hydroxylation is 2. The van der Waals surface area contributed by atoms with Crippen LogP contribution in [-0.2, 0) is 6.18 Å². The van der Waals surface area contributed by atoms with E-state index in [2.05, 4.69) is 26.7 Å². The average molecular weight is 552 g/mol. The number of likely N-dealkylation sites (tertiary alicyclic amines) is 2. The number of hydrogen-bond donors (Lipinski definition) is 0. The lowest BCUT2D eigenvalue weighted by Gasteiger charge is -2.50. The van der Waals surface area contributed by atoms with Crippen LogP contribution in [0.3, 0.4) is 0 Å². The number of benzene rings is 2. The zero-order chi connectivity index (χ0) is 28.5. The number of hydrogen-bond acceptors (Lipinski definition) is 5. The number of amides is 1. The molecule has 212 valence electrons. The molecule has 40 heavy (non-hydrogen) atoms. The van der Waals surface area contributed by atoms with E-state index in [1.165, 1.54) is 18.5 Å². The molecular weight excluding hydrogens is 515 g/mol. The first-order valence-electron chi connectivity index (χ1n) is 13.9. The van der Waals surface area contributed by atoms with Crippen LogP contribution in [0.25, 0.3) is 0 Å². The van der Waals surface area contributed by atoms with E-state index in [1.54, 1.807) is 12.1 Å². The maximum Gasteiger partial charge on any atom is 0.416 e. The summed E-state index contributed by atoms with van der Waals surface area (Å²) in [4.78, 5) is 28.3. The third-order valence-corrected chi connectivity index (χ3v) is 8.67. The zero-order valence-corrected chi connectivity index (χ0v) is 23.3. The van der Waals surface area contributed by atoms with Gasteiger partial charge in [0.1, 0.15) is 6.33 Å². The van der Waals surface area contributed by atoms with Gasteiger partial charge in [-0.3, -0.25) is 9.69 Å². The maximum absolute atomic E-state index is 13.3. The van der Waals surface area contributed by atoms with Crippen molar-refractivity contribution in [1.29, 1.82) is 0 Å². The van der Waals surface area contributed by atoms with Crippen LogP contribution in [0.15, 0.2) is 60.9 Å². The van der Waals surface area contributed by atoms with E-state index >= 15 is 0 Å². The van der Waals surface area contributed by atoms with Crippen LogP contribution >= 0.6 is 0 Å². The Morgan fingerprint density at radius 3 is 1.98 bits per heavy atom. The number of alkyl halides is 3. The van der Waals surface area contributed by atoms with Crippen LogP contribution < -0.4 is 4.90 Å². The van der Waals surface area contributed by atoms with Crippen molar-refractivity contribution >= 4 is 17.3 Å². The lowest BCUT2D eigenvalue weighted by Crippen LogP contribution is -2.58. The fraction of sp³-hybridized carbons (Fsp3) is 0.452. The number of halogens is 3. The number of aromatic nitrogens is 2. The first kappa shape index (κ1) is 28.1. The summed E-state index contributed by atoms with van der Waals surface area (Å²) in [6, 6.07) is 15.6. The molecule has 0 saturated carbocycles. The van der Waals surface area contributed by atoms with Crippen molar-refractivity contribution in [3.63, 3.8) is 0 Å². The Labute approximate surface area is 233 Å². The topological polar surface area (TPSA) is 52.6 Å². The fourth-order valence-electron chi connectivity index (χ4n) is 6.20. The Balaban J connectivity index is 1.26. The van der Waals surface area contributed by atoms with Gasteiger partial charge in [0.25, 0.3) is 5.91 Å². The van der Waals surface area contributed by atoms with Crippen LogP contribution in [0.5, 0.6) is 0 Å². The van der Waals surface area contributed by atoms with E-state index in [9.17, 15) is 18.0 Å². The van der Waals surface area contributed by atoms with Crippen molar-refractivity contribution in [3.8, 4) is 0 Å². The van der Waals surface area contributed by atoms with Crippen LogP contribution in [0.1, 0.15) is 59.9 Å². The SMILES string of the molecule is Cc1ncnc(C)c1C(=O)N1CCC(C)(N2CCC(N(c3ccccc3)c3ccc(C(F)(F)F)cc3)CC2)CC1. The molecule has 2 aromatic carbocycles. The fourth-order valence-corrected chi connectivity index (χ4v) is 6.20. The van der Waals surface area contributed by atoms with Crippen LogP contribution in [-0.4, -0.2) is 63.4 Å². The van der Waals surface area contributed by atoms with E-state index < -0.39 is 11.7 Å². The number of rotatable bonds is 5. The summed E-state index contributed by atoms with van der Waals surface area (Å²) in [6.45, 7) is 9.15. The largest absolute Gasteiger partial charge is 0.416 e. The average Bonchev–Trinajstić information content (AvgIpc) is 2.94. The molecule has 3 aromatic rings. The predicted molar refractivity (Wildman–Crippen MR) is 150 cm³/mol. The second-order valence-electron chi connectivity index (χ2n) is 11.2. The minimum Gasteiger partial charge on any atom is -0.338 e. The molecule has 6 nitrogen and oxygen atoms in total. The molecule has 2 aliphatic heterocycles. The normalized spacial score (nSPS) is 18.5. The van der Waals surface area contributed by atoms with E-state index in [0.717, 1.165) is 50.1 Å². The quantitative estimate of drug-likeness (QED) is 0.367. The van der Waals surface area contributed by atoms with Crippen molar-refractivity contribution in [2.75, 3.05) is 31.1 Å². The Morgan fingerprint density at radius 2 is 1.43 bits per heavy atom. The standard InChI is InChI=1S/C31H36F3N5O/c1-22-28(23(2)36-21-35-22)29(40)37-19-15-30(3,16-20-37)38-17-13-27(14-18-38)39(25-7-5-4-6-8-25)26-11-9-24(10-12-26)31(32,33)34/h4-12,21,27H,13-20H2,1-3H3. The molecule has 0 unspecified atom stereocenters. The van der Waals surface area contributed by atoms with Gasteiger partial charge in [-0.2, -0.15) is 13.2 Å². The number of carbonyl (C=O) groups is 1. The highest BCUT2D eigenvalue weighted by Crippen LogP contribution is 2.38. The molecule has 2 saturated heterocycles. The highest BCUT2D eigenvalue weighted by Gasteiger charge is 2.40. The van der Waals surface area contributed by atoms with Gasteiger partial charge in [0.05, 0.1) is 22.5 Å². The van der Waals surface area contributed by atoms with Gasteiger partial charge in [0, 0.05) is 49.1 Å². The second-order valence-corrected chi connectivity index (χ2v) is 11.2. The molecule has 2 fully saturated rings. The molecule has 0 N–H and O–H groups in total. The summed E-state index contributed by atoms with van der Waals surface area (Å²) in [5.74, 6) is 0.00593. The van der Waals surface area contributed by atoms with Gasteiger partial charge in [-0.1, -0.05) is 18.2 Å². The number of piperidine rings is 2. The van der Waals surface area contributed by atoms with Crippen LogP contribution in [0.4, 0.5) is 24.5 Å². The molecule has 0 spiro atoms. The van der Waals surface area contributed by atoms with Gasteiger partial charge in [0.2, 0.25) is 0 Å². The van der Waals surface area contributed by atoms with Gasteiger partial charge < -0.3 is 9.80 Å². The molecule has 2 aliphatic rings.